The smallest absolute Gasteiger partial charge is 0.334 e. The summed E-state index contributed by atoms with van der Waals surface area (Å²) in [6, 6.07) is 0. The van der Waals surface area contributed by atoms with Crippen LogP contribution in [0.4, 0.5) is 0 Å². The number of carbonyl (C=O) groups is 3. The van der Waals surface area contributed by atoms with E-state index >= 15 is 0 Å². The fraction of sp³-hybridized carbons (Fsp3) is 0.708. The lowest BCUT2D eigenvalue weighted by Crippen LogP contribution is -2.58. The molecular weight excluding hydrogens is 430 g/mol. The highest BCUT2D eigenvalue weighted by Crippen LogP contribution is 2.69. The quantitative estimate of drug-likeness (QED) is 0.401. The van der Waals surface area contributed by atoms with Crippen molar-refractivity contribution in [1.29, 1.82) is 0 Å². The molecule has 3 N–H and O–H groups in total. The number of hydrogen-bond donors (Lipinski definition) is 3. The average Bonchev–Trinajstić information content (AvgIpc) is 3.02. The molecule has 0 aromatic heterocycles. The first-order chi connectivity index (χ1) is 15.4. The molecule has 0 saturated heterocycles. The van der Waals surface area contributed by atoms with Crippen LogP contribution >= 0.6 is 0 Å². The predicted octanol–water partition coefficient (Wildman–Crippen LogP) is 2.40. The SMILES string of the molecule is C[C@]12C=CC(=O)C=C1CC[C@@H]1[C@@H]2[C@@H](O)C[C@@]2(C)[C@H]1CC[C@]2(C)C(=O)COC(=O)CON(O)O. The van der Waals surface area contributed by atoms with Gasteiger partial charge >= 0.3 is 5.97 Å². The fourth-order valence-corrected chi connectivity index (χ4v) is 7.48. The molecule has 182 valence electrons. The van der Waals surface area contributed by atoms with E-state index in [1.54, 1.807) is 12.2 Å². The van der Waals surface area contributed by atoms with E-state index < -0.39 is 41.5 Å². The standard InChI is InChI=1S/C24H33NO8/c1-22-8-6-15(26)10-14(22)4-5-16-17-7-9-23(2,24(17,3)11-18(27)21(16)22)19(28)12-32-20(29)13-33-25(30)31/h6,8,10,16-18,21,27,30-31H,4-5,7,9,11-13H2,1-3H3/t16-,17-,18-,21+,22-,23+,24-/m0/s1. The highest BCUT2D eigenvalue weighted by atomic mass is 17.1. The number of rotatable bonds is 6. The van der Waals surface area contributed by atoms with Gasteiger partial charge in [0.2, 0.25) is 0 Å². The van der Waals surface area contributed by atoms with Crippen molar-refractivity contribution >= 4 is 17.5 Å². The van der Waals surface area contributed by atoms with Crippen LogP contribution in [0.2, 0.25) is 0 Å². The van der Waals surface area contributed by atoms with Crippen molar-refractivity contribution in [2.45, 2.75) is 59.0 Å². The van der Waals surface area contributed by atoms with E-state index in [0.717, 1.165) is 24.8 Å². The first-order valence-electron chi connectivity index (χ1n) is 11.5. The number of ketones is 2. The van der Waals surface area contributed by atoms with Gasteiger partial charge in [-0.2, -0.15) is 0 Å². The summed E-state index contributed by atoms with van der Waals surface area (Å²) in [7, 11) is 0. The van der Waals surface area contributed by atoms with Crippen LogP contribution in [-0.2, 0) is 24.0 Å². The molecule has 3 fully saturated rings. The molecule has 0 spiro atoms. The van der Waals surface area contributed by atoms with Crippen molar-refractivity contribution in [1.82, 2.24) is 5.39 Å². The van der Waals surface area contributed by atoms with Crippen LogP contribution in [0.1, 0.15) is 52.9 Å². The zero-order valence-electron chi connectivity index (χ0n) is 19.3. The van der Waals surface area contributed by atoms with Crippen LogP contribution in [-0.4, -0.2) is 57.8 Å². The van der Waals surface area contributed by atoms with E-state index in [4.69, 9.17) is 15.2 Å². The van der Waals surface area contributed by atoms with Gasteiger partial charge in [0.1, 0.15) is 0 Å². The Balaban J connectivity index is 1.53. The Hall–Kier alpha value is -1.91. The lowest BCUT2D eigenvalue weighted by molar-refractivity contribution is -0.489. The molecule has 3 saturated carbocycles. The maximum absolute atomic E-state index is 13.3. The van der Waals surface area contributed by atoms with Gasteiger partial charge in [-0.25, -0.2) is 9.63 Å². The minimum atomic E-state index is -0.887. The molecule has 4 aliphatic carbocycles. The molecular formula is C24H33NO8. The first kappa shape index (κ1) is 24.2. The van der Waals surface area contributed by atoms with E-state index in [-0.39, 0.29) is 34.7 Å². The summed E-state index contributed by atoms with van der Waals surface area (Å²) >= 11 is 0. The number of Topliss-reactive ketones (excluding diaryl/α,β-unsaturated/α-hetero) is 1. The minimum absolute atomic E-state index is 0.000679. The summed E-state index contributed by atoms with van der Waals surface area (Å²) in [5.74, 6) is -0.637. The van der Waals surface area contributed by atoms with E-state index in [2.05, 4.69) is 18.7 Å². The number of fused-ring (bicyclic) bond motifs is 5. The number of hydrogen-bond acceptors (Lipinski definition) is 9. The van der Waals surface area contributed by atoms with Crippen LogP contribution in [0, 0.1) is 34.0 Å². The molecule has 0 radical (unpaired) electrons. The van der Waals surface area contributed by atoms with Gasteiger partial charge in [-0.05, 0) is 61.5 Å². The maximum Gasteiger partial charge on any atom is 0.334 e. The van der Waals surface area contributed by atoms with E-state index in [1.165, 1.54) is 0 Å². The Morgan fingerprint density at radius 2 is 1.91 bits per heavy atom. The maximum atomic E-state index is 13.3. The zero-order valence-corrected chi connectivity index (χ0v) is 19.3. The van der Waals surface area contributed by atoms with Crippen molar-refractivity contribution in [2.24, 2.45) is 34.0 Å². The predicted molar refractivity (Wildman–Crippen MR) is 113 cm³/mol. The Kier molecular flexibility index (Phi) is 6.16. The van der Waals surface area contributed by atoms with E-state index in [9.17, 15) is 19.5 Å². The summed E-state index contributed by atoms with van der Waals surface area (Å²) in [6.45, 7) is 4.94. The third-order valence-corrected chi connectivity index (χ3v) is 9.38. The van der Waals surface area contributed by atoms with Crippen LogP contribution in [0.5, 0.6) is 0 Å². The van der Waals surface area contributed by atoms with Gasteiger partial charge in [-0.1, -0.05) is 32.4 Å². The Morgan fingerprint density at radius 3 is 2.61 bits per heavy atom. The lowest BCUT2D eigenvalue weighted by atomic mass is 9.45. The topological polar surface area (TPSA) is 134 Å². The number of aliphatic hydroxyl groups excluding tert-OH is 1. The summed E-state index contributed by atoms with van der Waals surface area (Å²) < 4.78 is 5.01. The molecule has 4 aliphatic rings. The summed E-state index contributed by atoms with van der Waals surface area (Å²) in [5.41, 5.74) is -0.482. The van der Waals surface area contributed by atoms with Gasteiger partial charge in [-0.15, -0.1) is 0 Å². The third-order valence-electron chi connectivity index (χ3n) is 9.38. The second-order valence-corrected chi connectivity index (χ2v) is 10.7. The van der Waals surface area contributed by atoms with Crippen LogP contribution in [0.3, 0.4) is 0 Å². The van der Waals surface area contributed by atoms with Gasteiger partial charge in [-0.3, -0.25) is 20.0 Å². The molecule has 33 heavy (non-hydrogen) atoms. The molecule has 0 unspecified atom stereocenters. The molecule has 0 amide bonds. The summed E-state index contributed by atoms with van der Waals surface area (Å²) in [6.07, 6.45) is 8.33. The molecule has 0 aromatic carbocycles. The van der Waals surface area contributed by atoms with Crippen molar-refractivity contribution in [2.75, 3.05) is 13.2 Å². The molecule has 7 atom stereocenters. The molecule has 0 heterocycles. The minimum Gasteiger partial charge on any atom is -0.456 e. The van der Waals surface area contributed by atoms with Crippen molar-refractivity contribution < 1.29 is 39.5 Å². The highest BCUT2D eigenvalue weighted by Gasteiger charge is 2.66. The number of carbonyl (C=O) groups excluding carboxylic acids is 3. The van der Waals surface area contributed by atoms with E-state index in [1.807, 2.05) is 13.0 Å². The third kappa shape index (κ3) is 3.80. The largest absolute Gasteiger partial charge is 0.456 e. The van der Waals surface area contributed by atoms with Crippen molar-refractivity contribution in [3.8, 4) is 0 Å². The highest BCUT2D eigenvalue weighted by molar-refractivity contribution is 6.01. The normalized spacial score (nSPS) is 41.8. The van der Waals surface area contributed by atoms with Gasteiger partial charge < -0.3 is 9.84 Å². The zero-order chi connectivity index (χ0) is 24.2. The van der Waals surface area contributed by atoms with Crippen molar-refractivity contribution in [3.05, 3.63) is 23.8 Å². The van der Waals surface area contributed by atoms with Gasteiger partial charge in [0.25, 0.3) is 0 Å². The number of esters is 1. The molecule has 9 heteroatoms. The molecule has 0 bridgehead atoms. The number of aliphatic hydroxyl groups is 1. The second kappa shape index (κ2) is 8.39. The Bertz CT molecular complexity index is 912. The molecule has 4 rings (SSSR count). The summed E-state index contributed by atoms with van der Waals surface area (Å²) in [5, 5.41) is 27.9. The van der Waals surface area contributed by atoms with Gasteiger partial charge in [0, 0.05) is 16.7 Å². The van der Waals surface area contributed by atoms with E-state index in [0.29, 0.717) is 12.8 Å². The molecule has 9 nitrogen and oxygen atoms in total. The average molecular weight is 464 g/mol. The summed E-state index contributed by atoms with van der Waals surface area (Å²) in [4.78, 5) is 41.2. The monoisotopic (exact) mass is 463 g/mol. The van der Waals surface area contributed by atoms with Gasteiger partial charge in [0.15, 0.2) is 24.8 Å². The lowest BCUT2D eigenvalue weighted by Gasteiger charge is -2.60. The van der Waals surface area contributed by atoms with Crippen LogP contribution in [0.15, 0.2) is 23.8 Å². The number of nitrogens with zero attached hydrogens (tertiary/aromatic N) is 1. The van der Waals surface area contributed by atoms with Crippen LogP contribution in [0.25, 0.3) is 0 Å². The first-order valence-corrected chi connectivity index (χ1v) is 11.5. The van der Waals surface area contributed by atoms with Gasteiger partial charge in [0.05, 0.1) is 11.5 Å². The Morgan fingerprint density at radius 1 is 1.18 bits per heavy atom. The molecule has 0 aliphatic heterocycles. The fourth-order valence-electron chi connectivity index (χ4n) is 7.48. The number of ether oxygens (including phenoxy) is 1. The van der Waals surface area contributed by atoms with Crippen molar-refractivity contribution in [3.63, 3.8) is 0 Å². The Labute approximate surface area is 192 Å². The van der Waals surface area contributed by atoms with Crippen LogP contribution < -0.4 is 0 Å². The molecule has 0 aromatic rings. The second-order valence-electron chi connectivity index (χ2n) is 10.7. The number of allylic oxidation sites excluding steroid dienone is 4.